The molecular formula is C15H13F4N. The summed E-state index contributed by atoms with van der Waals surface area (Å²) in [6.45, 7) is 0. The van der Waals surface area contributed by atoms with Crippen molar-refractivity contribution in [1.82, 2.24) is 0 Å². The van der Waals surface area contributed by atoms with Gasteiger partial charge in [0.05, 0.1) is 5.56 Å². The summed E-state index contributed by atoms with van der Waals surface area (Å²) < 4.78 is 51.1. The molecule has 0 amide bonds. The fourth-order valence-electron chi connectivity index (χ4n) is 1.98. The normalized spacial score (nSPS) is 13.2. The molecule has 0 saturated carbocycles. The van der Waals surface area contributed by atoms with E-state index in [0.29, 0.717) is 6.42 Å². The van der Waals surface area contributed by atoms with Gasteiger partial charge in [0.2, 0.25) is 0 Å². The van der Waals surface area contributed by atoms with E-state index in [2.05, 4.69) is 0 Å². The van der Waals surface area contributed by atoms with E-state index in [0.717, 1.165) is 17.7 Å². The Labute approximate surface area is 114 Å². The fraction of sp³-hybridized carbons (Fsp3) is 0.200. The Hall–Kier alpha value is -1.88. The lowest BCUT2D eigenvalue weighted by Gasteiger charge is -2.15. The first-order valence-corrected chi connectivity index (χ1v) is 6.04. The summed E-state index contributed by atoms with van der Waals surface area (Å²) >= 11 is 0. The van der Waals surface area contributed by atoms with Crippen LogP contribution in [-0.4, -0.2) is 0 Å². The molecule has 0 heterocycles. The molecule has 0 aliphatic carbocycles. The molecule has 2 rings (SSSR count). The SMILES string of the molecule is NC(Cc1ccccc1)c1ccc(F)c(C(F)(F)F)c1. The maximum absolute atomic E-state index is 13.2. The Balaban J connectivity index is 2.25. The number of hydrogen-bond acceptors (Lipinski definition) is 1. The van der Waals surface area contributed by atoms with Crippen LogP contribution in [0.15, 0.2) is 48.5 Å². The fourth-order valence-corrected chi connectivity index (χ4v) is 1.98. The Morgan fingerprint density at radius 2 is 1.65 bits per heavy atom. The molecule has 1 nitrogen and oxygen atoms in total. The van der Waals surface area contributed by atoms with Crippen molar-refractivity contribution in [2.45, 2.75) is 18.6 Å². The Morgan fingerprint density at radius 3 is 2.25 bits per heavy atom. The smallest absolute Gasteiger partial charge is 0.324 e. The summed E-state index contributed by atoms with van der Waals surface area (Å²) in [4.78, 5) is 0. The molecule has 0 bridgehead atoms. The van der Waals surface area contributed by atoms with Gasteiger partial charge in [-0.3, -0.25) is 0 Å². The number of rotatable bonds is 3. The predicted molar refractivity (Wildman–Crippen MR) is 68.5 cm³/mol. The highest BCUT2D eigenvalue weighted by atomic mass is 19.4. The second-order valence-electron chi connectivity index (χ2n) is 4.53. The Bertz CT molecular complexity index is 578. The molecule has 0 aromatic heterocycles. The van der Waals surface area contributed by atoms with Crippen LogP contribution in [0.2, 0.25) is 0 Å². The largest absolute Gasteiger partial charge is 0.419 e. The van der Waals surface area contributed by atoms with Crippen LogP contribution >= 0.6 is 0 Å². The molecule has 1 unspecified atom stereocenters. The average Bonchev–Trinajstić information content (AvgIpc) is 2.39. The highest BCUT2D eigenvalue weighted by Crippen LogP contribution is 2.33. The number of alkyl halides is 3. The highest BCUT2D eigenvalue weighted by molar-refractivity contribution is 5.30. The minimum absolute atomic E-state index is 0.266. The van der Waals surface area contributed by atoms with Crippen LogP contribution < -0.4 is 5.73 Å². The third kappa shape index (κ3) is 3.36. The Kier molecular flexibility index (Phi) is 4.09. The van der Waals surface area contributed by atoms with E-state index in [1.807, 2.05) is 30.3 Å². The Morgan fingerprint density at radius 1 is 1.00 bits per heavy atom. The lowest BCUT2D eigenvalue weighted by molar-refractivity contribution is -0.140. The first-order chi connectivity index (χ1) is 9.38. The number of hydrogen-bond donors (Lipinski definition) is 1. The van der Waals surface area contributed by atoms with Crippen LogP contribution in [0.1, 0.15) is 22.7 Å². The van der Waals surface area contributed by atoms with E-state index in [4.69, 9.17) is 5.73 Å². The van der Waals surface area contributed by atoms with Gasteiger partial charge in [0.1, 0.15) is 5.82 Å². The zero-order valence-corrected chi connectivity index (χ0v) is 10.5. The standard InChI is InChI=1S/C15H13F4N/c16-13-7-6-11(9-12(13)15(17,18)19)14(20)8-10-4-2-1-3-5-10/h1-7,9,14H,8,20H2. The molecule has 5 heteroatoms. The third-order valence-electron chi connectivity index (χ3n) is 3.02. The van der Waals surface area contributed by atoms with Gasteiger partial charge in [-0.05, 0) is 29.7 Å². The number of benzene rings is 2. The quantitative estimate of drug-likeness (QED) is 0.844. The molecular weight excluding hydrogens is 270 g/mol. The molecule has 0 aliphatic heterocycles. The second-order valence-corrected chi connectivity index (χ2v) is 4.53. The maximum Gasteiger partial charge on any atom is 0.419 e. The van der Waals surface area contributed by atoms with Crippen LogP contribution in [0, 0.1) is 5.82 Å². The highest BCUT2D eigenvalue weighted by Gasteiger charge is 2.34. The van der Waals surface area contributed by atoms with E-state index in [1.165, 1.54) is 6.07 Å². The first kappa shape index (κ1) is 14.5. The van der Waals surface area contributed by atoms with Crippen LogP contribution in [0.4, 0.5) is 17.6 Å². The topological polar surface area (TPSA) is 26.0 Å². The third-order valence-corrected chi connectivity index (χ3v) is 3.02. The van der Waals surface area contributed by atoms with Gasteiger partial charge in [0, 0.05) is 6.04 Å². The summed E-state index contributed by atoms with van der Waals surface area (Å²) in [6, 6.07) is 11.4. The molecule has 2 N–H and O–H groups in total. The molecule has 0 radical (unpaired) electrons. The van der Waals surface area contributed by atoms with Crippen molar-refractivity contribution in [3.8, 4) is 0 Å². The van der Waals surface area contributed by atoms with Gasteiger partial charge in [-0.1, -0.05) is 36.4 Å². The molecule has 20 heavy (non-hydrogen) atoms. The van der Waals surface area contributed by atoms with Gasteiger partial charge in [-0.25, -0.2) is 4.39 Å². The van der Waals surface area contributed by atoms with Gasteiger partial charge < -0.3 is 5.73 Å². The van der Waals surface area contributed by atoms with Crippen molar-refractivity contribution in [3.05, 3.63) is 71.0 Å². The second kappa shape index (κ2) is 5.63. The van der Waals surface area contributed by atoms with E-state index in [-0.39, 0.29) is 5.56 Å². The van der Waals surface area contributed by atoms with Crippen molar-refractivity contribution in [3.63, 3.8) is 0 Å². The van der Waals surface area contributed by atoms with Gasteiger partial charge in [-0.2, -0.15) is 13.2 Å². The van der Waals surface area contributed by atoms with Crippen molar-refractivity contribution in [2.24, 2.45) is 5.73 Å². The van der Waals surface area contributed by atoms with E-state index in [9.17, 15) is 17.6 Å². The lowest BCUT2D eigenvalue weighted by Crippen LogP contribution is -2.16. The number of nitrogens with two attached hydrogens (primary N) is 1. The molecule has 2 aromatic carbocycles. The van der Waals surface area contributed by atoms with Crippen molar-refractivity contribution < 1.29 is 17.6 Å². The van der Waals surface area contributed by atoms with E-state index >= 15 is 0 Å². The van der Waals surface area contributed by atoms with Gasteiger partial charge in [0.25, 0.3) is 0 Å². The molecule has 0 spiro atoms. The van der Waals surface area contributed by atoms with Gasteiger partial charge in [-0.15, -0.1) is 0 Å². The molecule has 1 atom stereocenters. The van der Waals surface area contributed by atoms with Crippen LogP contribution in [0.25, 0.3) is 0 Å². The van der Waals surface area contributed by atoms with E-state index in [1.54, 1.807) is 0 Å². The summed E-state index contributed by atoms with van der Waals surface area (Å²) in [5.41, 5.74) is 5.80. The zero-order chi connectivity index (χ0) is 14.8. The first-order valence-electron chi connectivity index (χ1n) is 6.04. The molecule has 0 aliphatic rings. The van der Waals surface area contributed by atoms with Crippen molar-refractivity contribution >= 4 is 0 Å². The predicted octanol–water partition coefficient (Wildman–Crippen LogP) is 4.09. The number of halogens is 4. The average molecular weight is 283 g/mol. The summed E-state index contributed by atoms with van der Waals surface area (Å²) in [6.07, 6.45) is -4.32. The van der Waals surface area contributed by atoms with E-state index < -0.39 is 23.6 Å². The zero-order valence-electron chi connectivity index (χ0n) is 10.5. The minimum atomic E-state index is -4.72. The molecule has 2 aromatic rings. The summed E-state index contributed by atoms with van der Waals surface area (Å²) in [7, 11) is 0. The molecule has 0 fully saturated rings. The minimum Gasteiger partial charge on any atom is -0.324 e. The van der Waals surface area contributed by atoms with Gasteiger partial charge in [0.15, 0.2) is 0 Å². The maximum atomic E-state index is 13.2. The van der Waals surface area contributed by atoms with Crippen LogP contribution in [0.3, 0.4) is 0 Å². The summed E-state index contributed by atoms with van der Waals surface area (Å²) in [5, 5.41) is 0. The van der Waals surface area contributed by atoms with Crippen molar-refractivity contribution in [2.75, 3.05) is 0 Å². The molecule has 0 saturated heterocycles. The molecule has 106 valence electrons. The van der Waals surface area contributed by atoms with Crippen LogP contribution in [0.5, 0.6) is 0 Å². The van der Waals surface area contributed by atoms with Crippen LogP contribution in [-0.2, 0) is 12.6 Å². The monoisotopic (exact) mass is 283 g/mol. The summed E-state index contributed by atoms with van der Waals surface area (Å²) in [5.74, 6) is -1.28. The lowest BCUT2D eigenvalue weighted by atomic mass is 9.98. The van der Waals surface area contributed by atoms with Gasteiger partial charge >= 0.3 is 6.18 Å². The van der Waals surface area contributed by atoms with Crippen molar-refractivity contribution in [1.29, 1.82) is 0 Å².